The molecule has 0 spiro atoms. The number of benzene rings is 2. The van der Waals surface area contributed by atoms with E-state index in [-0.39, 0.29) is 18.7 Å². The fourth-order valence-electron chi connectivity index (χ4n) is 4.85. The maximum atomic E-state index is 12.7. The molecule has 2 aromatic carbocycles. The molecule has 4 heterocycles. The number of nitrogens with zero attached hydrogens (tertiary/aromatic N) is 6. The number of aromatic nitrogens is 5. The Labute approximate surface area is 213 Å². The van der Waals surface area contributed by atoms with Crippen LogP contribution in [0, 0.1) is 0 Å². The first kappa shape index (κ1) is 22.9. The molecule has 1 N–H and O–H groups in total. The summed E-state index contributed by atoms with van der Waals surface area (Å²) in [5.41, 5.74) is 4.28. The number of carbonyl (C=O) groups excluding carboxylic acids is 1. The van der Waals surface area contributed by atoms with E-state index in [1.807, 2.05) is 37.4 Å². The smallest absolute Gasteiger partial charge is 0.251 e. The van der Waals surface area contributed by atoms with Crippen LogP contribution < -0.4 is 19.5 Å². The van der Waals surface area contributed by atoms with Gasteiger partial charge in [0.2, 0.25) is 12.5 Å². The minimum Gasteiger partial charge on any atom is -0.492 e. The van der Waals surface area contributed by atoms with Gasteiger partial charge in [-0.3, -0.25) is 14.7 Å². The normalized spacial score (nSPS) is 16.3. The predicted octanol–water partition coefficient (Wildman–Crippen LogP) is 2.30. The fourth-order valence-corrected chi connectivity index (χ4v) is 4.85. The number of fused-ring (bicyclic) bond motifs is 2. The van der Waals surface area contributed by atoms with Crippen molar-refractivity contribution in [2.45, 2.75) is 19.0 Å². The molecule has 1 atom stereocenters. The summed E-state index contributed by atoms with van der Waals surface area (Å²) in [5.74, 6) is 2.39. The van der Waals surface area contributed by atoms with E-state index in [9.17, 15) is 4.79 Å². The van der Waals surface area contributed by atoms with Gasteiger partial charge in [-0.05, 0) is 71.4 Å². The molecule has 188 valence electrons. The van der Waals surface area contributed by atoms with Crippen LogP contribution in [0.2, 0.25) is 0 Å². The average molecular weight is 500 g/mol. The highest BCUT2D eigenvalue weighted by Crippen LogP contribution is 2.50. The van der Waals surface area contributed by atoms with E-state index in [0.29, 0.717) is 35.2 Å². The fraction of sp³-hybridized carbons (Fsp3) is 0.269. The molecule has 0 unspecified atom stereocenters. The maximum Gasteiger partial charge on any atom is 0.251 e. The second kappa shape index (κ2) is 9.51. The van der Waals surface area contributed by atoms with Crippen LogP contribution in [0.15, 0.2) is 54.9 Å². The zero-order valence-electron chi connectivity index (χ0n) is 20.4. The van der Waals surface area contributed by atoms with Gasteiger partial charge in [0.15, 0.2) is 17.3 Å². The van der Waals surface area contributed by atoms with Gasteiger partial charge in [-0.2, -0.15) is 4.68 Å². The number of methoxy groups -OCH3 is 1. The molecule has 0 aliphatic carbocycles. The topological polar surface area (TPSA) is 117 Å². The minimum absolute atomic E-state index is 0.162. The summed E-state index contributed by atoms with van der Waals surface area (Å²) >= 11 is 0. The van der Waals surface area contributed by atoms with Crippen molar-refractivity contribution in [1.29, 1.82) is 0 Å². The molecule has 1 amide bonds. The predicted molar refractivity (Wildman–Crippen MR) is 132 cm³/mol. The van der Waals surface area contributed by atoms with Crippen LogP contribution >= 0.6 is 0 Å². The van der Waals surface area contributed by atoms with E-state index in [0.717, 1.165) is 35.3 Å². The lowest BCUT2D eigenvalue weighted by Gasteiger charge is -2.34. The SMILES string of the molecule is COc1c2c(cc3c1[C@H](c1nnnn1-c1ccc(C(=O)NCc4cccnc4)cc1)N(C)CC3)OCO2. The zero-order chi connectivity index (χ0) is 25.4. The van der Waals surface area contributed by atoms with Crippen LogP contribution in [0.25, 0.3) is 5.69 Å². The summed E-state index contributed by atoms with van der Waals surface area (Å²) in [7, 11) is 3.66. The van der Waals surface area contributed by atoms with Crippen LogP contribution in [0.1, 0.15) is 38.9 Å². The number of hydrogen-bond acceptors (Lipinski definition) is 9. The first-order valence-corrected chi connectivity index (χ1v) is 11.9. The van der Waals surface area contributed by atoms with E-state index in [1.54, 1.807) is 36.3 Å². The summed E-state index contributed by atoms with van der Waals surface area (Å²) in [6.07, 6.45) is 4.26. The Morgan fingerprint density at radius 2 is 2.08 bits per heavy atom. The van der Waals surface area contributed by atoms with E-state index in [4.69, 9.17) is 14.2 Å². The molecule has 2 aliphatic rings. The first-order chi connectivity index (χ1) is 18.1. The molecular weight excluding hydrogens is 474 g/mol. The molecule has 2 aliphatic heterocycles. The molecule has 11 heteroatoms. The molecule has 37 heavy (non-hydrogen) atoms. The van der Waals surface area contributed by atoms with Gasteiger partial charge < -0.3 is 19.5 Å². The van der Waals surface area contributed by atoms with Crippen LogP contribution in [-0.2, 0) is 13.0 Å². The van der Waals surface area contributed by atoms with E-state index in [2.05, 4.69) is 30.7 Å². The Kier molecular flexibility index (Phi) is 5.89. The summed E-state index contributed by atoms with van der Waals surface area (Å²) < 4.78 is 18.9. The Morgan fingerprint density at radius 3 is 2.86 bits per heavy atom. The van der Waals surface area contributed by atoms with Crippen molar-refractivity contribution in [3.8, 4) is 22.9 Å². The Morgan fingerprint density at radius 1 is 1.22 bits per heavy atom. The second-order valence-electron chi connectivity index (χ2n) is 8.89. The summed E-state index contributed by atoms with van der Waals surface area (Å²) in [6.45, 7) is 1.37. The van der Waals surface area contributed by atoms with Crippen molar-refractivity contribution in [3.05, 3.63) is 82.9 Å². The number of pyridine rings is 1. The van der Waals surface area contributed by atoms with Crippen LogP contribution in [0.5, 0.6) is 17.2 Å². The lowest BCUT2D eigenvalue weighted by atomic mass is 9.90. The van der Waals surface area contributed by atoms with Crippen molar-refractivity contribution in [2.75, 3.05) is 27.5 Å². The van der Waals surface area contributed by atoms with Crippen LogP contribution in [-0.4, -0.2) is 63.5 Å². The van der Waals surface area contributed by atoms with Crippen molar-refractivity contribution >= 4 is 5.91 Å². The molecule has 0 saturated heterocycles. The molecule has 0 saturated carbocycles. The quantitative estimate of drug-likeness (QED) is 0.426. The van der Waals surface area contributed by atoms with Gasteiger partial charge in [0.05, 0.1) is 12.8 Å². The number of hydrogen-bond donors (Lipinski definition) is 1. The Bertz CT molecular complexity index is 1440. The molecular formula is C26H25N7O4. The van der Waals surface area contributed by atoms with Crippen molar-refractivity contribution < 1.29 is 19.0 Å². The van der Waals surface area contributed by atoms with Gasteiger partial charge in [0.25, 0.3) is 5.91 Å². The summed E-state index contributed by atoms with van der Waals surface area (Å²) in [6, 6.07) is 12.7. The number of tetrazole rings is 1. The third-order valence-electron chi connectivity index (χ3n) is 6.68. The molecule has 6 rings (SSSR count). The van der Waals surface area contributed by atoms with Gasteiger partial charge in [0, 0.05) is 36.6 Å². The van der Waals surface area contributed by atoms with E-state index < -0.39 is 0 Å². The first-order valence-electron chi connectivity index (χ1n) is 11.9. The zero-order valence-corrected chi connectivity index (χ0v) is 20.4. The highest BCUT2D eigenvalue weighted by Gasteiger charge is 2.37. The van der Waals surface area contributed by atoms with Gasteiger partial charge in [0.1, 0.15) is 6.04 Å². The molecule has 4 aromatic rings. The van der Waals surface area contributed by atoms with Gasteiger partial charge >= 0.3 is 0 Å². The van der Waals surface area contributed by atoms with E-state index >= 15 is 0 Å². The highest BCUT2D eigenvalue weighted by molar-refractivity contribution is 5.94. The number of amides is 1. The maximum absolute atomic E-state index is 12.7. The number of nitrogens with one attached hydrogen (secondary N) is 1. The van der Waals surface area contributed by atoms with Crippen LogP contribution in [0.3, 0.4) is 0 Å². The number of carbonyl (C=O) groups is 1. The largest absolute Gasteiger partial charge is 0.492 e. The van der Waals surface area contributed by atoms with Gasteiger partial charge in [-0.25, -0.2) is 0 Å². The van der Waals surface area contributed by atoms with Crippen molar-refractivity contribution in [2.24, 2.45) is 0 Å². The number of likely N-dealkylation sites (N-methyl/N-ethyl adjacent to an activating group) is 1. The molecule has 2 aromatic heterocycles. The minimum atomic E-state index is -0.273. The highest BCUT2D eigenvalue weighted by atomic mass is 16.7. The van der Waals surface area contributed by atoms with Gasteiger partial charge in [-0.15, -0.1) is 5.10 Å². The Balaban J connectivity index is 1.30. The molecule has 0 fully saturated rings. The third kappa shape index (κ3) is 4.12. The monoisotopic (exact) mass is 499 g/mol. The van der Waals surface area contributed by atoms with Gasteiger partial charge in [-0.1, -0.05) is 6.07 Å². The van der Waals surface area contributed by atoms with E-state index in [1.165, 1.54) is 0 Å². The molecule has 0 bridgehead atoms. The number of ether oxygens (including phenoxy) is 3. The summed E-state index contributed by atoms with van der Waals surface area (Å²) in [5, 5.41) is 15.6. The molecule has 0 radical (unpaired) electrons. The lowest BCUT2D eigenvalue weighted by molar-refractivity contribution is 0.0951. The standard InChI is InChI=1S/C26H25N7O4/c1-32-11-9-18-12-20-23(37-15-36-20)24(35-2)21(18)22(32)25-29-30-31-33(25)19-7-5-17(6-8-19)26(34)28-14-16-4-3-10-27-13-16/h3-8,10,12-13,22H,9,11,14-15H2,1-2H3,(H,28,34)/t22-/m1/s1. The lowest BCUT2D eigenvalue weighted by Crippen LogP contribution is -2.35. The number of rotatable bonds is 6. The second-order valence-corrected chi connectivity index (χ2v) is 8.89. The van der Waals surface area contributed by atoms with Crippen molar-refractivity contribution in [3.63, 3.8) is 0 Å². The third-order valence-corrected chi connectivity index (χ3v) is 6.68. The molecule has 11 nitrogen and oxygen atoms in total. The average Bonchev–Trinajstić information content (AvgIpc) is 3.61. The Hall–Kier alpha value is -4.51. The van der Waals surface area contributed by atoms with Crippen LogP contribution in [0.4, 0.5) is 0 Å². The van der Waals surface area contributed by atoms with Crippen molar-refractivity contribution in [1.82, 2.24) is 35.4 Å². The summed E-state index contributed by atoms with van der Waals surface area (Å²) in [4.78, 5) is 18.9.